The minimum absolute atomic E-state index is 0.194. The van der Waals surface area contributed by atoms with Crippen LogP contribution in [0.1, 0.15) is 21.5 Å². The summed E-state index contributed by atoms with van der Waals surface area (Å²) in [6.07, 6.45) is 3.72. The van der Waals surface area contributed by atoms with E-state index in [-0.39, 0.29) is 12.4 Å². The van der Waals surface area contributed by atoms with Gasteiger partial charge in [0, 0.05) is 38.4 Å². The van der Waals surface area contributed by atoms with Crippen LogP contribution in [0.5, 0.6) is 5.75 Å². The number of rotatable bonds is 7. The van der Waals surface area contributed by atoms with E-state index in [2.05, 4.69) is 10.00 Å². The number of halogens is 1. The first-order valence-electron chi connectivity index (χ1n) is 10.4. The van der Waals surface area contributed by atoms with Crippen LogP contribution in [0, 0.1) is 5.82 Å². The van der Waals surface area contributed by atoms with E-state index in [1.54, 1.807) is 23.0 Å². The Morgan fingerprint density at radius 3 is 2.59 bits per heavy atom. The largest absolute Gasteiger partial charge is 0.488 e. The highest BCUT2D eigenvalue weighted by Gasteiger charge is 2.21. The Hall–Kier alpha value is -3.23. The lowest BCUT2D eigenvalue weighted by molar-refractivity contribution is 0.0342. The van der Waals surface area contributed by atoms with Crippen LogP contribution < -0.4 is 4.74 Å². The first-order chi connectivity index (χ1) is 15.5. The summed E-state index contributed by atoms with van der Waals surface area (Å²) in [6, 6.07) is 9.77. The highest BCUT2D eigenvalue weighted by Crippen LogP contribution is 2.33. The molecule has 0 bridgehead atoms. The molecular formula is C24H26FN3O4. The number of benzene rings is 2. The fraction of sp³-hybridized carbons (Fsp3) is 0.333. The number of carbonyl (C=O) groups excluding carboxylic acids is 1. The molecule has 1 aromatic heterocycles. The third-order valence-corrected chi connectivity index (χ3v) is 5.43. The Morgan fingerprint density at radius 2 is 1.94 bits per heavy atom. The molecule has 1 fully saturated rings. The second-order valence-corrected chi connectivity index (χ2v) is 7.70. The average Bonchev–Trinajstić information content (AvgIpc) is 3.25. The second kappa shape index (κ2) is 9.93. The third kappa shape index (κ3) is 5.15. The molecule has 168 valence electrons. The van der Waals surface area contributed by atoms with Gasteiger partial charge in [-0.05, 0) is 41.0 Å². The highest BCUT2D eigenvalue weighted by molar-refractivity contribution is 5.94. The smallest absolute Gasteiger partial charge is 0.341 e. The number of methoxy groups -OCH3 is 1. The van der Waals surface area contributed by atoms with Gasteiger partial charge in [0.25, 0.3) is 0 Å². The zero-order chi connectivity index (χ0) is 22.5. The van der Waals surface area contributed by atoms with Crippen molar-refractivity contribution in [2.75, 3.05) is 33.4 Å². The van der Waals surface area contributed by atoms with Crippen molar-refractivity contribution >= 4 is 5.97 Å². The van der Waals surface area contributed by atoms with Crippen LogP contribution in [-0.4, -0.2) is 54.1 Å². The van der Waals surface area contributed by atoms with Crippen molar-refractivity contribution in [3.8, 4) is 16.9 Å². The zero-order valence-electron chi connectivity index (χ0n) is 18.2. The molecular weight excluding hydrogens is 413 g/mol. The molecule has 2 aromatic carbocycles. The van der Waals surface area contributed by atoms with Gasteiger partial charge < -0.3 is 14.2 Å². The first-order valence-corrected chi connectivity index (χ1v) is 10.4. The van der Waals surface area contributed by atoms with Crippen molar-refractivity contribution in [1.82, 2.24) is 14.7 Å². The van der Waals surface area contributed by atoms with Gasteiger partial charge in [0.15, 0.2) is 0 Å². The molecule has 0 atom stereocenters. The van der Waals surface area contributed by atoms with Gasteiger partial charge in [0.05, 0.1) is 26.5 Å². The lowest BCUT2D eigenvalue weighted by Gasteiger charge is -2.28. The van der Waals surface area contributed by atoms with Gasteiger partial charge >= 0.3 is 5.97 Å². The number of hydrogen-bond acceptors (Lipinski definition) is 6. The van der Waals surface area contributed by atoms with Crippen LogP contribution in [0.15, 0.2) is 48.8 Å². The summed E-state index contributed by atoms with van der Waals surface area (Å²) >= 11 is 0. The van der Waals surface area contributed by atoms with E-state index in [1.807, 2.05) is 25.4 Å². The molecule has 2 heterocycles. The summed E-state index contributed by atoms with van der Waals surface area (Å²) in [5.74, 6) is -0.374. The molecule has 8 heteroatoms. The van der Waals surface area contributed by atoms with Gasteiger partial charge in [0.2, 0.25) is 0 Å². The van der Waals surface area contributed by atoms with Gasteiger partial charge in [-0.1, -0.05) is 12.1 Å². The Bertz CT molecular complexity index is 1080. The van der Waals surface area contributed by atoms with E-state index in [0.29, 0.717) is 31.1 Å². The molecule has 0 N–H and O–H groups in total. The second-order valence-electron chi connectivity index (χ2n) is 7.70. The SMILES string of the molecule is COC(=O)c1cc(CN2CCOCC2)c(-c2cnn(C)c2)cc1OCc1ccc(F)cc1. The van der Waals surface area contributed by atoms with Crippen molar-refractivity contribution in [1.29, 1.82) is 0 Å². The predicted molar refractivity (Wildman–Crippen MR) is 117 cm³/mol. The molecule has 0 unspecified atom stereocenters. The zero-order valence-corrected chi connectivity index (χ0v) is 18.2. The van der Waals surface area contributed by atoms with E-state index in [1.165, 1.54) is 19.2 Å². The van der Waals surface area contributed by atoms with Gasteiger partial charge in [-0.15, -0.1) is 0 Å². The predicted octanol–water partition coefficient (Wildman–Crippen LogP) is 3.42. The summed E-state index contributed by atoms with van der Waals surface area (Å²) in [4.78, 5) is 14.9. The monoisotopic (exact) mass is 439 g/mol. The van der Waals surface area contributed by atoms with Crippen LogP contribution in [0.2, 0.25) is 0 Å². The summed E-state index contributed by atoms with van der Waals surface area (Å²) in [5, 5.41) is 4.30. The van der Waals surface area contributed by atoms with Gasteiger partial charge in [-0.25, -0.2) is 9.18 Å². The normalized spacial score (nSPS) is 14.3. The summed E-state index contributed by atoms with van der Waals surface area (Å²) < 4.78 is 31.5. The molecule has 1 aliphatic heterocycles. The molecule has 1 aliphatic rings. The number of nitrogens with zero attached hydrogens (tertiary/aromatic N) is 3. The number of carbonyl (C=O) groups is 1. The Morgan fingerprint density at radius 1 is 1.19 bits per heavy atom. The van der Waals surface area contributed by atoms with Crippen LogP contribution in [0.4, 0.5) is 4.39 Å². The van der Waals surface area contributed by atoms with E-state index in [0.717, 1.165) is 35.3 Å². The molecule has 0 radical (unpaired) electrons. The average molecular weight is 439 g/mol. The molecule has 4 rings (SSSR count). The van der Waals surface area contributed by atoms with Crippen molar-refractivity contribution in [2.24, 2.45) is 7.05 Å². The standard InChI is InChI=1S/C24H26FN3O4/c1-27-14-19(13-26-27)21-12-23(32-16-17-3-5-20(25)6-4-17)22(24(29)30-2)11-18(21)15-28-7-9-31-10-8-28/h3-6,11-14H,7-10,15-16H2,1-2H3. The Balaban J connectivity index is 1.71. The minimum atomic E-state index is -0.472. The lowest BCUT2D eigenvalue weighted by atomic mass is 9.98. The molecule has 7 nitrogen and oxygen atoms in total. The summed E-state index contributed by atoms with van der Waals surface area (Å²) in [5.41, 5.74) is 3.99. The fourth-order valence-corrected chi connectivity index (χ4v) is 3.72. The topological polar surface area (TPSA) is 65.8 Å². The van der Waals surface area contributed by atoms with Crippen molar-refractivity contribution in [3.05, 3.63) is 71.3 Å². The maximum atomic E-state index is 13.2. The van der Waals surface area contributed by atoms with Crippen LogP contribution >= 0.6 is 0 Å². The molecule has 1 saturated heterocycles. The maximum absolute atomic E-state index is 13.2. The van der Waals surface area contributed by atoms with Crippen LogP contribution in [0.3, 0.4) is 0 Å². The molecule has 0 saturated carbocycles. The Labute approximate surface area is 186 Å². The fourth-order valence-electron chi connectivity index (χ4n) is 3.72. The molecule has 0 amide bonds. The maximum Gasteiger partial charge on any atom is 0.341 e. The van der Waals surface area contributed by atoms with Gasteiger partial charge in [0.1, 0.15) is 23.7 Å². The quantitative estimate of drug-likeness (QED) is 0.526. The first kappa shape index (κ1) is 22.0. The van der Waals surface area contributed by atoms with E-state index in [9.17, 15) is 9.18 Å². The molecule has 0 aliphatic carbocycles. The number of morpholine rings is 1. The molecule has 0 spiro atoms. The summed E-state index contributed by atoms with van der Waals surface area (Å²) in [6.45, 7) is 3.87. The van der Waals surface area contributed by atoms with Gasteiger partial charge in [-0.2, -0.15) is 5.10 Å². The van der Waals surface area contributed by atoms with E-state index in [4.69, 9.17) is 14.2 Å². The van der Waals surface area contributed by atoms with E-state index >= 15 is 0 Å². The van der Waals surface area contributed by atoms with Crippen molar-refractivity contribution in [2.45, 2.75) is 13.2 Å². The molecule has 32 heavy (non-hydrogen) atoms. The Kier molecular flexibility index (Phi) is 6.82. The number of esters is 1. The van der Waals surface area contributed by atoms with Crippen molar-refractivity contribution in [3.63, 3.8) is 0 Å². The van der Waals surface area contributed by atoms with Gasteiger partial charge in [-0.3, -0.25) is 9.58 Å². The van der Waals surface area contributed by atoms with Crippen LogP contribution in [0.25, 0.3) is 11.1 Å². The van der Waals surface area contributed by atoms with E-state index < -0.39 is 5.97 Å². The lowest BCUT2D eigenvalue weighted by Crippen LogP contribution is -2.35. The number of hydrogen-bond donors (Lipinski definition) is 0. The summed E-state index contributed by atoms with van der Waals surface area (Å²) in [7, 11) is 3.21. The highest BCUT2D eigenvalue weighted by atomic mass is 19.1. The van der Waals surface area contributed by atoms with Crippen molar-refractivity contribution < 1.29 is 23.4 Å². The number of ether oxygens (including phenoxy) is 3. The number of aromatic nitrogens is 2. The number of aryl methyl sites for hydroxylation is 1. The molecule has 3 aromatic rings. The van der Waals surface area contributed by atoms with Crippen LogP contribution in [-0.2, 0) is 29.7 Å². The third-order valence-electron chi connectivity index (χ3n) is 5.43. The minimum Gasteiger partial charge on any atom is -0.488 e.